The Morgan fingerprint density at radius 1 is 1.31 bits per heavy atom. The van der Waals surface area contributed by atoms with Gasteiger partial charge in [-0.1, -0.05) is 37.3 Å². The van der Waals surface area contributed by atoms with Crippen molar-refractivity contribution in [1.29, 1.82) is 0 Å². The van der Waals surface area contributed by atoms with Gasteiger partial charge in [0.1, 0.15) is 0 Å². The van der Waals surface area contributed by atoms with Gasteiger partial charge in [-0.2, -0.15) is 0 Å². The third-order valence-electron chi connectivity index (χ3n) is 3.66. The first-order valence-corrected chi connectivity index (χ1v) is 6.26. The molecule has 0 heterocycles. The predicted molar refractivity (Wildman–Crippen MR) is 68.2 cm³/mol. The minimum absolute atomic E-state index is 0.136. The van der Waals surface area contributed by atoms with Crippen LogP contribution < -0.4 is 5.73 Å². The van der Waals surface area contributed by atoms with E-state index >= 15 is 0 Å². The molecule has 2 heteroatoms. The maximum atomic E-state index is 6.37. The quantitative estimate of drug-likeness (QED) is 0.823. The Balaban J connectivity index is 2.08. The third kappa shape index (κ3) is 2.45. The Morgan fingerprint density at radius 2 is 1.94 bits per heavy atom. The first kappa shape index (κ1) is 11.6. The zero-order chi connectivity index (χ0) is 11.5. The van der Waals surface area contributed by atoms with Gasteiger partial charge < -0.3 is 5.73 Å². The van der Waals surface area contributed by atoms with E-state index < -0.39 is 0 Å². The molecule has 1 aromatic rings. The Morgan fingerprint density at radius 3 is 2.44 bits per heavy atom. The molecule has 0 aliphatic heterocycles. The highest BCUT2D eigenvalue weighted by Gasteiger charge is 2.33. The van der Waals surface area contributed by atoms with Crippen molar-refractivity contribution in [3.8, 4) is 0 Å². The highest BCUT2D eigenvalue weighted by atomic mass is 15.2. The van der Waals surface area contributed by atoms with Crippen molar-refractivity contribution < 1.29 is 0 Å². The molecule has 0 amide bonds. The molecule has 0 aromatic heterocycles. The Hall–Kier alpha value is -0.860. The van der Waals surface area contributed by atoms with Gasteiger partial charge in [-0.25, -0.2) is 0 Å². The SMILES string of the molecule is CCC(C(N)c1ccccc1)N(C)C1CC1. The molecule has 1 aromatic carbocycles. The predicted octanol–water partition coefficient (Wildman–Crippen LogP) is 2.56. The summed E-state index contributed by atoms with van der Waals surface area (Å²) in [5.41, 5.74) is 7.63. The van der Waals surface area contributed by atoms with Crippen LogP contribution >= 0.6 is 0 Å². The molecular formula is C14H22N2. The van der Waals surface area contributed by atoms with Crippen LogP contribution in [-0.4, -0.2) is 24.0 Å². The molecule has 2 N–H and O–H groups in total. The van der Waals surface area contributed by atoms with Crippen LogP contribution in [0.4, 0.5) is 0 Å². The molecule has 88 valence electrons. The van der Waals surface area contributed by atoms with Gasteiger partial charge in [0.25, 0.3) is 0 Å². The second kappa shape index (κ2) is 4.98. The summed E-state index contributed by atoms with van der Waals surface area (Å²) in [7, 11) is 2.22. The lowest BCUT2D eigenvalue weighted by atomic mass is 9.97. The summed E-state index contributed by atoms with van der Waals surface area (Å²) in [5, 5.41) is 0. The number of hydrogen-bond acceptors (Lipinski definition) is 2. The van der Waals surface area contributed by atoms with E-state index in [1.165, 1.54) is 18.4 Å². The first-order chi connectivity index (χ1) is 7.74. The van der Waals surface area contributed by atoms with Crippen LogP contribution in [0, 0.1) is 0 Å². The highest BCUT2D eigenvalue weighted by molar-refractivity contribution is 5.20. The van der Waals surface area contributed by atoms with Crippen LogP contribution in [0.15, 0.2) is 30.3 Å². The maximum Gasteiger partial charge on any atom is 0.0452 e. The van der Waals surface area contributed by atoms with Crippen LogP contribution in [0.25, 0.3) is 0 Å². The van der Waals surface area contributed by atoms with Crippen LogP contribution in [0.3, 0.4) is 0 Å². The van der Waals surface area contributed by atoms with Gasteiger partial charge in [0.2, 0.25) is 0 Å². The van der Waals surface area contributed by atoms with E-state index in [9.17, 15) is 0 Å². The van der Waals surface area contributed by atoms with Crippen molar-refractivity contribution in [3.63, 3.8) is 0 Å². The molecule has 0 bridgehead atoms. The van der Waals surface area contributed by atoms with Crippen LogP contribution in [0.5, 0.6) is 0 Å². The molecule has 1 aliphatic rings. The molecule has 1 aliphatic carbocycles. The van der Waals surface area contributed by atoms with E-state index in [2.05, 4.69) is 43.1 Å². The van der Waals surface area contributed by atoms with Gasteiger partial charge in [-0.3, -0.25) is 4.90 Å². The zero-order valence-electron chi connectivity index (χ0n) is 10.3. The molecule has 1 saturated carbocycles. The Kier molecular flexibility index (Phi) is 3.62. The van der Waals surface area contributed by atoms with E-state index in [0.717, 1.165) is 12.5 Å². The molecule has 2 nitrogen and oxygen atoms in total. The molecular weight excluding hydrogens is 196 g/mol. The van der Waals surface area contributed by atoms with Gasteiger partial charge >= 0.3 is 0 Å². The van der Waals surface area contributed by atoms with Crippen LogP contribution in [0.1, 0.15) is 37.8 Å². The fraction of sp³-hybridized carbons (Fsp3) is 0.571. The van der Waals surface area contributed by atoms with Gasteiger partial charge in [-0.15, -0.1) is 0 Å². The summed E-state index contributed by atoms with van der Waals surface area (Å²) in [5.74, 6) is 0. The molecule has 2 atom stereocenters. The number of hydrogen-bond donors (Lipinski definition) is 1. The normalized spacial score (nSPS) is 19.8. The summed E-state index contributed by atoms with van der Waals surface area (Å²) >= 11 is 0. The molecule has 0 saturated heterocycles. The molecule has 0 spiro atoms. The standard InChI is InChI=1S/C14H22N2/c1-3-13(16(2)12-9-10-12)14(15)11-7-5-4-6-8-11/h4-8,12-14H,3,9-10,15H2,1-2H3. The molecule has 0 radical (unpaired) electrons. The van der Waals surface area contributed by atoms with Crippen molar-refractivity contribution in [2.75, 3.05) is 7.05 Å². The second-order valence-electron chi connectivity index (χ2n) is 4.81. The minimum atomic E-state index is 0.136. The van der Waals surface area contributed by atoms with Gasteiger partial charge in [0.05, 0.1) is 0 Å². The van der Waals surface area contributed by atoms with Crippen molar-refractivity contribution in [2.24, 2.45) is 5.73 Å². The third-order valence-corrected chi connectivity index (χ3v) is 3.66. The van der Waals surface area contributed by atoms with E-state index in [1.807, 2.05) is 6.07 Å². The van der Waals surface area contributed by atoms with E-state index in [0.29, 0.717) is 6.04 Å². The van der Waals surface area contributed by atoms with Crippen LogP contribution in [0.2, 0.25) is 0 Å². The van der Waals surface area contributed by atoms with Crippen molar-refractivity contribution in [1.82, 2.24) is 4.90 Å². The van der Waals surface area contributed by atoms with Crippen molar-refractivity contribution in [2.45, 2.75) is 44.3 Å². The Bertz CT molecular complexity index is 319. The Labute approximate surface area is 98.4 Å². The van der Waals surface area contributed by atoms with Crippen molar-refractivity contribution >= 4 is 0 Å². The largest absolute Gasteiger partial charge is 0.323 e. The smallest absolute Gasteiger partial charge is 0.0452 e. The van der Waals surface area contributed by atoms with E-state index in [1.54, 1.807) is 0 Å². The summed E-state index contributed by atoms with van der Waals surface area (Å²) < 4.78 is 0. The average molecular weight is 218 g/mol. The zero-order valence-corrected chi connectivity index (χ0v) is 10.3. The summed E-state index contributed by atoms with van der Waals surface area (Å²) in [6.07, 6.45) is 3.80. The topological polar surface area (TPSA) is 29.3 Å². The molecule has 16 heavy (non-hydrogen) atoms. The summed E-state index contributed by atoms with van der Waals surface area (Å²) in [4.78, 5) is 2.47. The lowest BCUT2D eigenvalue weighted by Gasteiger charge is -2.32. The number of likely N-dealkylation sites (N-methyl/N-ethyl adjacent to an activating group) is 1. The van der Waals surface area contributed by atoms with Gasteiger partial charge in [0, 0.05) is 18.1 Å². The van der Waals surface area contributed by atoms with Crippen molar-refractivity contribution in [3.05, 3.63) is 35.9 Å². The van der Waals surface area contributed by atoms with Gasteiger partial charge in [-0.05, 0) is 31.9 Å². The fourth-order valence-electron chi connectivity index (χ4n) is 2.45. The molecule has 2 rings (SSSR count). The lowest BCUT2D eigenvalue weighted by Crippen LogP contribution is -2.41. The molecule has 2 unspecified atom stereocenters. The summed E-state index contributed by atoms with van der Waals surface area (Å²) in [6.45, 7) is 2.23. The average Bonchev–Trinajstić information content (AvgIpc) is 3.14. The number of nitrogens with zero attached hydrogens (tertiary/aromatic N) is 1. The second-order valence-corrected chi connectivity index (χ2v) is 4.81. The number of benzene rings is 1. The van der Waals surface area contributed by atoms with E-state index in [-0.39, 0.29) is 6.04 Å². The molecule has 1 fully saturated rings. The maximum absolute atomic E-state index is 6.37. The monoisotopic (exact) mass is 218 g/mol. The first-order valence-electron chi connectivity index (χ1n) is 6.26. The summed E-state index contributed by atoms with van der Waals surface area (Å²) in [6, 6.07) is 11.8. The lowest BCUT2D eigenvalue weighted by molar-refractivity contribution is 0.196. The highest BCUT2D eigenvalue weighted by Crippen LogP contribution is 2.31. The minimum Gasteiger partial charge on any atom is -0.323 e. The number of nitrogens with two attached hydrogens (primary N) is 1. The number of rotatable bonds is 5. The van der Waals surface area contributed by atoms with E-state index in [4.69, 9.17) is 5.73 Å². The fourth-order valence-corrected chi connectivity index (χ4v) is 2.45. The van der Waals surface area contributed by atoms with Gasteiger partial charge in [0.15, 0.2) is 0 Å². The van der Waals surface area contributed by atoms with Crippen LogP contribution in [-0.2, 0) is 0 Å².